The highest BCUT2D eigenvalue weighted by Crippen LogP contribution is 2.22. The van der Waals surface area contributed by atoms with Crippen LogP contribution < -0.4 is 0 Å². The summed E-state index contributed by atoms with van der Waals surface area (Å²) >= 11 is 6.95. The van der Waals surface area contributed by atoms with Gasteiger partial charge in [0.25, 0.3) is 0 Å². The lowest BCUT2D eigenvalue weighted by Crippen LogP contribution is -2.17. The molecule has 1 heterocycles. The zero-order chi connectivity index (χ0) is 8.10. The van der Waals surface area contributed by atoms with E-state index in [0.29, 0.717) is 12.5 Å². The van der Waals surface area contributed by atoms with Gasteiger partial charge in [-0.2, -0.15) is 11.8 Å². The molecule has 0 radical (unpaired) electrons. The molecule has 11 heavy (non-hydrogen) atoms. The molecule has 0 saturated carbocycles. The summed E-state index contributed by atoms with van der Waals surface area (Å²) in [7, 11) is 0. The summed E-state index contributed by atoms with van der Waals surface area (Å²) in [5.41, 5.74) is -0.680. The number of hydrogen-bond acceptors (Lipinski definition) is 3. The Morgan fingerprint density at radius 2 is 2.55 bits per heavy atom. The molecule has 1 atom stereocenters. The van der Waals surface area contributed by atoms with Crippen molar-refractivity contribution in [3.8, 4) is 0 Å². The number of ether oxygens (including phenoxy) is 1. The van der Waals surface area contributed by atoms with E-state index in [1.807, 2.05) is 11.8 Å². The van der Waals surface area contributed by atoms with Crippen LogP contribution in [0.25, 0.3) is 0 Å². The number of thioether (sulfide) groups is 1. The van der Waals surface area contributed by atoms with E-state index in [1.165, 1.54) is 12.2 Å². The predicted molar refractivity (Wildman–Crippen MR) is 47.3 cm³/mol. The molecule has 1 fully saturated rings. The summed E-state index contributed by atoms with van der Waals surface area (Å²) in [6, 6.07) is 0. The van der Waals surface area contributed by atoms with Crippen molar-refractivity contribution in [3.63, 3.8) is 0 Å². The Morgan fingerprint density at radius 3 is 3.09 bits per heavy atom. The lowest BCUT2D eigenvalue weighted by molar-refractivity contribution is 0.153. The van der Waals surface area contributed by atoms with E-state index >= 15 is 0 Å². The maximum atomic E-state index is 10.2. The van der Waals surface area contributed by atoms with Crippen molar-refractivity contribution in [3.05, 3.63) is 0 Å². The lowest BCUT2D eigenvalue weighted by atomic mass is 10.1. The van der Waals surface area contributed by atoms with Crippen LogP contribution in [0.1, 0.15) is 12.8 Å². The molecule has 0 amide bonds. The van der Waals surface area contributed by atoms with Gasteiger partial charge in [0.05, 0.1) is 6.61 Å². The molecule has 0 N–H and O–H groups in total. The SMILES string of the molecule is O=C(Cl)OCC1CCCSC1. The van der Waals surface area contributed by atoms with Crippen molar-refractivity contribution in [2.45, 2.75) is 12.8 Å². The highest BCUT2D eigenvalue weighted by atomic mass is 35.5. The molecule has 0 aromatic carbocycles. The van der Waals surface area contributed by atoms with Crippen LogP contribution in [0.5, 0.6) is 0 Å². The summed E-state index contributed by atoms with van der Waals surface area (Å²) in [5, 5.41) is 0. The van der Waals surface area contributed by atoms with Crippen molar-refractivity contribution in [2.75, 3.05) is 18.1 Å². The predicted octanol–water partition coefficient (Wildman–Crippen LogP) is 2.51. The van der Waals surface area contributed by atoms with Crippen molar-refractivity contribution >= 4 is 28.8 Å². The molecule has 64 valence electrons. The minimum Gasteiger partial charge on any atom is -0.453 e. The van der Waals surface area contributed by atoms with Crippen LogP contribution in [0.4, 0.5) is 4.79 Å². The minimum atomic E-state index is -0.680. The number of halogens is 1. The van der Waals surface area contributed by atoms with Crippen LogP contribution in [0.3, 0.4) is 0 Å². The van der Waals surface area contributed by atoms with Gasteiger partial charge in [-0.05, 0) is 24.3 Å². The largest absolute Gasteiger partial charge is 0.453 e. The van der Waals surface area contributed by atoms with Crippen LogP contribution in [0.15, 0.2) is 0 Å². The third kappa shape index (κ3) is 3.87. The fraction of sp³-hybridized carbons (Fsp3) is 0.857. The Morgan fingerprint density at radius 1 is 1.73 bits per heavy atom. The van der Waals surface area contributed by atoms with Crippen LogP contribution in [-0.4, -0.2) is 23.5 Å². The second-order valence-corrected chi connectivity index (χ2v) is 4.09. The third-order valence-electron chi connectivity index (χ3n) is 1.69. The summed E-state index contributed by atoms with van der Waals surface area (Å²) in [4.78, 5) is 10.2. The van der Waals surface area contributed by atoms with Crippen molar-refractivity contribution in [1.29, 1.82) is 0 Å². The molecule has 0 spiro atoms. The molecule has 1 unspecified atom stereocenters. The summed E-state index contributed by atoms with van der Waals surface area (Å²) in [6.45, 7) is 0.495. The topological polar surface area (TPSA) is 26.3 Å². The van der Waals surface area contributed by atoms with Gasteiger partial charge in [0, 0.05) is 17.5 Å². The first-order valence-corrected chi connectivity index (χ1v) is 5.22. The Bertz CT molecular complexity index is 134. The molecule has 2 nitrogen and oxygen atoms in total. The smallest absolute Gasteiger partial charge is 0.403 e. The van der Waals surface area contributed by atoms with Crippen molar-refractivity contribution in [1.82, 2.24) is 0 Å². The molecule has 0 aromatic rings. The Kier molecular flexibility index (Phi) is 4.08. The number of carbonyl (C=O) groups is 1. The normalized spacial score (nSPS) is 24.6. The number of hydrogen-bond donors (Lipinski definition) is 0. The average Bonchev–Trinajstić information content (AvgIpc) is 2.03. The molecule has 4 heteroatoms. The first-order valence-electron chi connectivity index (χ1n) is 3.69. The second kappa shape index (κ2) is 4.88. The molecule has 1 aliphatic rings. The number of carbonyl (C=O) groups excluding carboxylic acids is 1. The van der Waals surface area contributed by atoms with E-state index in [9.17, 15) is 4.79 Å². The van der Waals surface area contributed by atoms with Gasteiger partial charge in [-0.1, -0.05) is 0 Å². The van der Waals surface area contributed by atoms with Gasteiger partial charge in [0.2, 0.25) is 0 Å². The zero-order valence-corrected chi connectivity index (χ0v) is 7.79. The van der Waals surface area contributed by atoms with Gasteiger partial charge >= 0.3 is 5.43 Å². The van der Waals surface area contributed by atoms with Crippen molar-refractivity contribution < 1.29 is 9.53 Å². The van der Waals surface area contributed by atoms with Crippen LogP contribution >= 0.6 is 23.4 Å². The lowest BCUT2D eigenvalue weighted by Gasteiger charge is -2.19. The monoisotopic (exact) mass is 194 g/mol. The van der Waals surface area contributed by atoms with E-state index in [2.05, 4.69) is 0 Å². The van der Waals surface area contributed by atoms with E-state index < -0.39 is 5.43 Å². The minimum absolute atomic E-state index is 0.495. The van der Waals surface area contributed by atoms with Gasteiger partial charge in [-0.15, -0.1) is 0 Å². The third-order valence-corrected chi connectivity index (χ3v) is 3.08. The first kappa shape index (κ1) is 9.20. The van der Waals surface area contributed by atoms with Gasteiger partial charge in [0.15, 0.2) is 0 Å². The highest BCUT2D eigenvalue weighted by molar-refractivity contribution is 7.99. The molecule has 0 bridgehead atoms. The molecule has 1 aliphatic heterocycles. The van der Waals surface area contributed by atoms with Crippen LogP contribution in [0.2, 0.25) is 0 Å². The van der Waals surface area contributed by atoms with Gasteiger partial charge in [0.1, 0.15) is 0 Å². The zero-order valence-electron chi connectivity index (χ0n) is 6.22. The average molecular weight is 195 g/mol. The van der Waals surface area contributed by atoms with Crippen LogP contribution in [-0.2, 0) is 4.74 Å². The summed E-state index contributed by atoms with van der Waals surface area (Å²) in [6.07, 6.45) is 2.40. The quantitative estimate of drug-likeness (QED) is 0.632. The van der Waals surface area contributed by atoms with E-state index in [-0.39, 0.29) is 0 Å². The first-order chi connectivity index (χ1) is 5.29. The Labute approximate surface area is 75.6 Å². The van der Waals surface area contributed by atoms with Crippen molar-refractivity contribution in [2.24, 2.45) is 5.92 Å². The standard InChI is InChI=1S/C7H11ClO2S/c8-7(9)10-4-6-2-1-3-11-5-6/h6H,1-5H2. The van der Waals surface area contributed by atoms with Gasteiger partial charge < -0.3 is 4.74 Å². The summed E-state index contributed by atoms with van der Waals surface area (Å²) in [5.74, 6) is 2.87. The number of rotatable bonds is 2. The molecule has 0 aromatic heterocycles. The molecule has 1 rings (SSSR count). The Balaban J connectivity index is 2.09. The summed E-state index contributed by atoms with van der Waals surface area (Å²) < 4.78 is 4.69. The van der Waals surface area contributed by atoms with Gasteiger partial charge in [-0.25, -0.2) is 4.79 Å². The van der Waals surface area contributed by atoms with Gasteiger partial charge in [-0.3, -0.25) is 0 Å². The molecule has 1 saturated heterocycles. The maximum absolute atomic E-state index is 10.2. The Hall–Kier alpha value is 0.110. The fourth-order valence-corrected chi connectivity index (χ4v) is 2.32. The highest BCUT2D eigenvalue weighted by Gasteiger charge is 2.14. The molecule has 0 aliphatic carbocycles. The molecular formula is C7H11ClO2S. The fourth-order valence-electron chi connectivity index (χ4n) is 1.12. The van der Waals surface area contributed by atoms with Crippen LogP contribution in [0, 0.1) is 5.92 Å². The maximum Gasteiger partial charge on any atom is 0.403 e. The van der Waals surface area contributed by atoms with E-state index in [0.717, 1.165) is 12.2 Å². The second-order valence-electron chi connectivity index (χ2n) is 2.63. The van der Waals surface area contributed by atoms with E-state index in [1.54, 1.807) is 0 Å². The molecular weight excluding hydrogens is 184 g/mol. The van der Waals surface area contributed by atoms with E-state index in [4.69, 9.17) is 16.3 Å².